The van der Waals surface area contributed by atoms with Crippen molar-refractivity contribution in [3.8, 4) is 0 Å². The van der Waals surface area contributed by atoms with Crippen molar-refractivity contribution in [2.45, 2.75) is 33.2 Å². The number of hydrogen-bond acceptors (Lipinski definition) is 3. The molecule has 3 rings (SSSR count). The highest BCUT2D eigenvalue weighted by Gasteiger charge is 2.31. The van der Waals surface area contributed by atoms with Crippen LogP contribution in [0.4, 0.5) is 4.39 Å². The molecular weight excluding hydrogens is 343 g/mol. The van der Waals surface area contributed by atoms with Gasteiger partial charge in [0.2, 0.25) is 0 Å². The lowest BCUT2D eigenvalue weighted by Crippen LogP contribution is -2.43. The van der Waals surface area contributed by atoms with Gasteiger partial charge in [-0.25, -0.2) is 4.39 Å². The van der Waals surface area contributed by atoms with E-state index in [2.05, 4.69) is 35.9 Å². The first-order chi connectivity index (χ1) is 13.0. The first-order valence-corrected chi connectivity index (χ1v) is 10.1. The van der Waals surface area contributed by atoms with Crippen LogP contribution in [-0.4, -0.2) is 68.2 Å². The quantitative estimate of drug-likeness (QED) is 0.634. The summed E-state index contributed by atoms with van der Waals surface area (Å²) in [5, 5.41) is 3.45. The van der Waals surface area contributed by atoms with E-state index >= 15 is 0 Å². The van der Waals surface area contributed by atoms with Gasteiger partial charge in [-0.3, -0.25) is 9.89 Å². The number of aliphatic imine (C=N–C) groups is 1. The fraction of sp³-hybridized carbons (Fsp3) is 0.667. The SMILES string of the molecule is CCNC(=NCC(c1ccc(F)cc1)N1CCOCC1)N1CCC(C)(C)C1. The van der Waals surface area contributed by atoms with Crippen LogP contribution in [-0.2, 0) is 4.74 Å². The molecule has 1 unspecified atom stereocenters. The van der Waals surface area contributed by atoms with Crippen LogP contribution < -0.4 is 5.32 Å². The van der Waals surface area contributed by atoms with Gasteiger partial charge in [0.1, 0.15) is 5.82 Å². The fourth-order valence-corrected chi connectivity index (χ4v) is 3.90. The van der Waals surface area contributed by atoms with Crippen molar-refractivity contribution in [1.82, 2.24) is 15.1 Å². The van der Waals surface area contributed by atoms with Gasteiger partial charge in [0.15, 0.2) is 5.96 Å². The Hall–Kier alpha value is -1.66. The van der Waals surface area contributed by atoms with Crippen LogP contribution in [0.15, 0.2) is 29.3 Å². The molecule has 5 nitrogen and oxygen atoms in total. The van der Waals surface area contributed by atoms with E-state index in [-0.39, 0.29) is 11.9 Å². The monoisotopic (exact) mass is 376 g/mol. The zero-order valence-corrected chi connectivity index (χ0v) is 16.9. The van der Waals surface area contributed by atoms with E-state index < -0.39 is 0 Å². The average molecular weight is 377 g/mol. The normalized spacial score (nSPS) is 22.1. The van der Waals surface area contributed by atoms with E-state index in [4.69, 9.17) is 9.73 Å². The van der Waals surface area contributed by atoms with Crippen LogP contribution >= 0.6 is 0 Å². The molecule has 2 heterocycles. The minimum atomic E-state index is -0.199. The molecule has 2 aliphatic heterocycles. The second kappa shape index (κ2) is 9.02. The van der Waals surface area contributed by atoms with Crippen molar-refractivity contribution in [2.75, 3.05) is 52.5 Å². The maximum absolute atomic E-state index is 13.4. The summed E-state index contributed by atoms with van der Waals surface area (Å²) in [5.74, 6) is 0.791. The summed E-state index contributed by atoms with van der Waals surface area (Å²) in [7, 11) is 0. The highest BCUT2D eigenvalue weighted by molar-refractivity contribution is 5.80. The van der Waals surface area contributed by atoms with Crippen molar-refractivity contribution < 1.29 is 9.13 Å². The lowest BCUT2D eigenvalue weighted by atomic mass is 9.93. The summed E-state index contributed by atoms with van der Waals surface area (Å²) < 4.78 is 18.9. The van der Waals surface area contributed by atoms with Crippen LogP contribution in [0.3, 0.4) is 0 Å². The van der Waals surface area contributed by atoms with Gasteiger partial charge in [-0.1, -0.05) is 26.0 Å². The Morgan fingerprint density at radius 1 is 1.22 bits per heavy atom. The number of nitrogens with zero attached hydrogens (tertiary/aromatic N) is 3. The van der Waals surface area contributed by atoms with Crippen molar-refractivity contribution in [3.05, 3.63) is 35.6 Å². The Morgan fingerprint density at radius 2 is 1.93 bits per heavy atom. The molecule has 27 heavy (non-hydrogen) atoms. The Balaban J connectivity index is 1.78. The van der Waals surface area contributed by atoms with Crippen LogP contribution in [0.25, 0.3) is 0 Å². The van der Waals surface area contributed by atoms with Gasteiger partial charge >= 0.3 is 0 Å². The van der Waals surface area contributed by atoms with Gasteiger partial charge in [-0.2, -0.15) is 0 Å². The molecule has 0 bridgehead atoms. The molecule has 0 radical (unpaired) electrons. The lowest BCUT2D eigenvalue weighted by molar-refractivity contribution is 0.0179. The molecule has 0 saturated carbocycles. The number of nitrogens with one attached hydrogen (secondary N) is 1. The molecule has 0 amide bonds. The topological polar surface area (TPSA) is 40.1 Å². The second-order valence-corrected chi connectivity index (χ2v) is 8.25. The van der Waals surface area contributed by atoms with Gasteiger partial charge in [-0.05, 0) is 36.5 Å². The van der Waals surface area contributed by atoms with E-state index in [9.17, 15) is 4.39 Å². The van der Waals surface area contributed by atoms with Gasteiger partial charge in [0, 0.05) is 32.7 Å². The predicted molar refractivity (Wildman–Crippen MR) is 107 cm³/mol. The lowest BCUT2D eigenvalue weighted by Gasteiger charge is -2.34. The minimum Gasteiger partial charge on any atom is -0.379 e. The summed E-state index contributed by atoms with van der Waals surface area (Å²) in [5.41, 5.74) is 1.44. The molecule has 2 saturated heterocycles. The molecule has 0 aliphatic carbocycles. The zero-order chi connectivity index (χ0) is 19.3. The maximum atomic E-state index is 13.4. The van der Waals surface area contributed by atoms with E-state index in [0.717, 1.165) is 57.5 Å². The predicted octanol–water partition coefficient (Wildman–Crippen LogP) is 2.90. The molecule has 150 valence electrons. The first kappa shape index (κ1) is 20.1. The Bertz CT molecular complexity index is 626. The summed E-state index contributed by atoms with van der Waals surface area (Å²) in [6.45, 7) is 13.5. The van der Waals surface area contributed by atoms with Gasteiger partial charge in [0.25, 0.3) is 0 Å². The van der Waals surface area contributed by atoms with Crippen LogP contribution in [0, 0.1) is 11.2 Å². The minimum absolute atomic E-state index is 0.138. The number of halogens is 1. The van der Waals surface area contributed by atoms with Crippen molar-refractivity contribution in [2.24, 2.45) is 10.4 Å². The molecule has 0 spiro atoms. The number of rotatable bonds is 5. The molecule has 2 aliphatic rings. The van der Waals surface area contributed by atoms with Gasteiger partial charge in [0.05, 0.1) is 25.8 Å². The molecule has 1 atom stereocenters. The van der Waals surface area contributed by atoms with Crippen molar-refractivity contribution in [3.63, 3.8) is 0 Å². The molecule has 0 aromatic heterocycles. The molecule has 1 aromatic rings. The second-order valence-electron chi connectivity index (χ2n) is 8.25. The Labute approximate surface area is 162 Å². The average Bonchev–Trinajstić information content (AvgIpc) is 3.03. The highest BCUT2D eigenvalue weighted by atomic mass is 19.1. The summed E-state index contributed by atoms with van der Waals surface area (Å²) in [6.07, 6.45) is 1.18. The number of morpholine rings is 1. The van der Waals surface area contributed by atoms with Crippen LogP contribution in [0.5, 0.6) is 0 Å². The van der Waals surface area contributed by atoms with Crippen molar-refractivity contribution >= 4 is 5.96 Å². The maximum Gasteiger partial charge on any atom is 0.194 e. The highest BCUT2D eigenvalue weighted by Crippen LogP contribution is 2.29. The van der Waals surface area contributed by atoms with Crippen LogP contribution in [0.2, 0.25) is 0 Å². The van der Waals surface area contributed by atoms with E-state index in [1.54, 1.807) is 12.1 Å². The van der Waals surface area contributed by atoms with E-state index in [1.807, 2.05) is 12.1 Å². The van der Waals surface area contributed by atoms with E-state index in [0.29, 0.717) is 12.0 Å². The number of likely N-dealkylation sites (tertiary alicyclic amines) is 1. The first-order valence-electron chi connectivity index (χ1n) is 10.1. The smallest absolute Gasteiger partial charge is 0.194 e. The van der Waals surface area contributed by atoms with Gasteiger partial charge in [-0.15, -0.1) is 0 Å². The third kappa shape index (κ3) is 5.42. The third-order valence-corrected chi connectivity index (χ3v) is 5.47. The number of ether oxygens (including phenoxy) is 1. The largest absolute Gasteiger partial charge is 0.379 e. The summed E-state index contributed by atoms with van der Waals surface area (Å²) >= 11 is 0. The molecule has 1 N–H and O–H groups in total. The number of guanidine groups is 1. The molecular formula is C21H33FN4O. The van der Waals surface area contributed by atoms with E-state index in [1.165, 1.54) is 6.42 Å². The van der Waals surface area contributed by atoms with Crippen LogP contribution in [0.1, 0.15) is 38.8 Å². The van der Waals surface area contributed by atoms with Crippen molar-refractivity contribution in [1.29, 1.82) is 0 Å². The fourth-order valence-electron chi connectivity index (χ4n) is 3.90. The number of benzene rings is 1. The summed E-state index contributed by atoms with van der Waals surface area (Å²) in [6, 6.07) is 6.99. The Morgan fingerprint density at radius 3 is 2.52 bits per heavy atom. The zero-order valence-electron chi connectivity index (χ0n) is 16.9. The molecule has 2 fully saturated rings. The number of hydrogen-bond donors (Lipinski definition) is 1. The standard InChI is InChI=1S/C21H33FN4O/c1-4-23-20(26-10-9-21(2,3)16-26)24-15-19(25-11-13-27-14-12-25)17-5-7-18(22)8-6-17/h5-8,19H,4,9-16H2,1-3H3,(H,23,24). The Kier molecular flexibility index (Phi) is 6.71. The third-order valence-electron chi connectivity index (χ3n) is 5.47. The van der Waals surface area contributed by atoms with Gasteiger partial charge < -0.3 is 15.0 Å². The molecule has 1 aromatic carbocycles. The summed E-state index contributed by atoms with van der Waals surface area (Å²) in [4.78, 5) is 9.76. The molecule has 6 heteroatoms.